The molecule has 4 rings (SSSR count). The summed E-state index contributed by atoms with van der Waals surface area (Å²) in [6, 6.07) is 18.9. The Kier molecular flexibility index (Phi) is 4.32. The summed E-state index contributed by atoms with van der Waals surface area (Å²) in [6.45, 7) is 2.86. The van der Waals surface area contributed by atoms with Crippen molar-refractivity contribution in [2.45, 2.75) is 12.0 Å². The molecule has 4 nitrogen and oxygen atoms in total. The van der Waals surface area contributed by atoms with Crippen LogP contribution in [0.15, 0.2) is 60.7 Å². The quantitative estimate of drug-likeness (QED) is 0.755. The number of carbonyl (C=O) groups is 1. The molecule has 1 saturated heterocycles. The molecule has 2 atom stereocenters. The second-order valence-electron chi connectivity index (χ2n) is 7.22. The van der Waals surface area contributed by atoms with E-state index in [9.17, 15) is 9.90 Å². The maximum absolute atomic E-state index is 12.6. The monoisotopic (exact) mass is 336 g/mol. The fraction of sp³-hybridized carbons (Fsp3) is 0.381. The van der Waals surface area contributed by atoms with E-state index in [4.69, 9.17) is 0 Å². The highest BCUT2D eigenvalue weighted by Crippen LogP contribution is 2.48. The largest absolute Gasteiger partial charge is 0.380 e. The van der Waals surface area contributed by atoms with Gasteiger partial charge in [-0.05, 0) is 42.0 Å². The molecule has 4 heteroatoms. The predicted octanol–water partition coefficient (Wildman–Crippen LogP) is 1.89. The maximum Gasteiger partial charge on any atom is 0.223 e. The summed E-state index contributed by atoms with van der Waals surface area (Å²) >= 11 is 0. The Hall–Kier alpha value is -2.17. The molecule has 1 amide bonds. The van der Waals surface area contributed by atoms with Crippen molar-refractivity contribution >= 4 is 5.91 Å². The standard InChI is InChI=1S/C21H24N2O2/c24-20(23-14-19-17-12-22-13-18(17)19)11-21(25,15-7-3-1-4-8-15)16-9-5-2-6-10-16/h1-10,17-19,22,25H,11-14H2,(H,23,24). The Morgan fingerprint density at radius 2 is 1.52 bits per heavy atom. The molecule has 1 aliphatic carbocycles. The first-order valence-corrected chi connectivity index (χ1v) is 8.99. The fourth-order valence-corrected chi connectivity index (χ4v) is 4.17. The molecule has 0 radical (unpaired) electrons. The Balaban J connectivity index is 1.47. The van der Waals surface area contributed by atoms with Crippen molar-refractivity contribution in [1.82, 2.24) is 10.6 Å². The Morgan fingerprint density at radius 3 is 2.04 bits per heavy atom. The number of rotatable bonds is 6. The SMILES string of the molecule is O=C(CC(O)(c1ccccc1)c1ccccc1)NCC1C2CNCC21. The van der Waals surface area contributed by atoms with Crippen LogP contribution in [0.1, 0.15) is 17.5 Å². The van der Waals surface area contributed by atoms with E-state index < -0.39 is 5.60 Å². The number of piperidine rings is 1. The highest BCUT2D eigenvalue weighted by Gasteiger charge is 2.52. The zero-order valence-corrected chi connectivity index (χ0v) is 14.2. The highest BCUT2D eigenvalue weighted by molar-refractivity contribution is 5.78. The molecule has 130 valence electrons. The summed E-state index contributed by atoms with van der Waals surface area (Å²) in [4.78, 5) is 12.6. The lowest BCUT2D eigenvalue weighted by Gasteiger charge is -2.29. The summed E-state index contributed by atoms with van der Waals surface area (Å²) in [5.41, 5.74) is 0.167. The van der Waals surface area contributed by atoms with E-state index >= 15 is 0 Å². The number of amides is 1. The minimum absolute atomic E-state index is 0.0291. The summed E-state index contributed by atoms with van der Waals surface area (Å²) < 4.78 is 0. The lowest BCUT2D eigenvalue weighted by Crippen LogP contribution is -2.37. The normalized spacial score (nSPS) is 24.6. The molecule has 2 aliphatic rings. The van der Waals surface area contributed by atoms with Crippen molar-refractivity contribution in [3.63, 3.8) is 0 Å². The second-order valence-corrected chi connectivity index (χ2v) is 7.22. The van der Waals surface area contributed by atoms with Gasteiger partial charge in [0.1, 0.15) is 5.60 Å². The lowest BCUT2D eigenvalue weighted by molar-refractivity contribution is -0.125. The molecule has 2 fully saturated rings. The van der Waals surface area contributed by atoms with Crippen LogP contribution in [0.5, 0.6) is 0 Å². The number of hydrogen-bond acceptors (Lipinski definition) is 3. The van der Waals surface area contributed by atoms with Crippen LogP contribution < -0.4 is 10.6 Å². The highest BCUT2D eigenvalue weighted by atomic mass is 16.3. The summed E-state index contributed by atoms with van der Waals surface area (Å²) in [5.74, 6) is 1.95. The van der Waals surface area contributed by atoms with Crippen molar-refractivity contribution < 1.29 is 9.90 Å². The van der Waals surface area contributed by atoms with Gasteiger partial charge in [0.25, 0.3) is 0 Å². The van der Waals surface area contributed by atoms with Gasteiger partial charge in [0.15, 0.2) is 0 Å². The molecule has 1 heterocycles. The lowest BCUT2D eigenvalue weighted by atomic mass is 9.83. The van der Waals surface area contributed by atoms with Crippen molar-refractivity contribution in [2.75, 3.05) is 19.6 Å². The molecule has 0 aromatic heterocycles. The van der Waals surface area contributed by atoms with E-state index in [1.54, 1.807) is 0 Å². The van der Waals surface area contributed by atoms with Crippen LogP contribution in [0.3, 0.4) is 0 Å². The van der Waals surface area contributed by atoms with E-state index in [0.29, 0.717) is 5.92 Å². The Bertz CT molecular complexity index is 683. The molecule has 2 aromatic rings. The van der Waals surface area contributed by atoms with Crippen molar-refractivity contribution in [2.24, 2.45) is 17.8 Å². The van der Waals surface area contributed by atoms with Gasteiger partial charge in [0.2, 0.25) is 5.91 Å². The molecule has 2 aromatic carbocycles. The number of benzene rings is 2. The molecule has 25 heavy (non-hydrogen) atoms. The third kappa shape index (κ3) is 3.20. The molecule has 1 aliphatic heterocycles. The van der Waals surface area contributed by atoms with Gasteiger partial charge in [-0.3, -0.25) is 4.79 Å². The minimum atomic E-state index is -1.31. The zero-order valence-electron chi connectivity index (χ0n) is 14.2. The summed E-state index contributed by atoms with van der Waals surface area (Å²) in [5, 5.41) is 17.8. The van der Waals surface area contributed by atoms with E-state index in [-0.39, 0.29) is 12.3 Å². The second kappa shape index (κ2) is 6.62. The molecule has 3 N–H and O–H groups in total. The average Bonchev–Trinajstić information content (AvgIpc) is 3.08. The van der Waals surface area contributed by atoms with Crippen LogP contribution in [-0.4, -0.2) is 30.6 Å². The smallest absolute Gasteiger partial charge is 0.223 e. The van der Waals surface area contributed by atoms with E-state index in [2.05, 4.69) is 10.6 Å². The molecule has 1 saturated carbocycles. The van der Waals surface area contributed by atoms with Gasteiger partial charge in [-0.25, -0.2) is 0 Å². The van der Waals surface area contributed by atoms with Crippen LogP contribution in [0.2, 0.25) is 0 Å². The number of hydrogen-bond donors (Lipinski definition) is 3. The van der Waals surface area contributed by atoms with Crippen LogP contribution in [0.4, 0.5) is 0 Å². The number of aliphatic hydroxyl groups is 1. The average molecular weight is 336 g/mol. The van der Waals surface area contributed by atoms with E-state index in [1.165, 1.54) is 0 Å². The summed E-state index contributed by atoms with van der Waals surface area (Å²) in [7, 11) is 0. The maximum atomic E-state index is 12.6. The van der Waals surface area contributed by atoms with Gasteiger partial charge in [-0.15, -0.1) is 0 Å². The van der Waals surface area contributed by atoms with Crippen LogP contribution in [0, 0.1) is 17.8 Å². The van der Waals surface area contributed by atoms with Crippen molar-refractivity contribution in [3.05, 3.63) is 71.8 Å². The van der Waals surface area contributed by atoms with E-state index in [0.717, 1.165) is 42.6 Å². The Morgan fingerprint density at radius 1 is 1.00 bits per heavy atom. The fourth-order valence-electron chi connectivity index (χ4n) is 4.17. The molecule has 0 bridgehead atoms. The number of fused-ring (bicyclic) bond motifs is 1. The molecule has 2 unspecified atom stereocenters. The first-order chi connectivity index (χ1) is 12.2. The third-order valence-electron chi connectivity index (χ3n) is 5.72. The molecule has 0 spiro atoms. The van der Waals surface area contributed by atoms with Gasteiger partial charge in [-0.1, -0.05) is 60.7 Å². The third-order valence-corrected chi connectivity index (χ3v) is 5.72. The van der Waals surface area contributed by atoms with Crippen LogP contribution in [0.25, 0.3) is 0 Å². The first-order valence-electron chi connectivity index (χ1n) is 8.99. The summed E-state index contributed by atoms with van der Waals surface area (Å²) in [6.07, 6.45) is 0.0291. The van der Waals surface area contributed by atoms with Crippen molar-refractivity contribution in [1.29, 1.82) is 0 Å². The first kappa shape index (κ1) is 16.3. The van der Waals surface area contributed by atoms with E-state index in [1.807, 2.05) is 60.7 Å². The number of nitrogens with one attached hydrogen (secondary N) is 2. The zero-order chi connectivity index (χ0) is 17.3. The predicted molar refractivity (Wildman–Crippen MR) is 96.8 cm³/mol. The van der Waals surface area contributed by atoms with Crippen LogP contribution in [-0.2, 0) is 10.4 Å². The number of carbonyl (C=O) groups excluding carboxylic acids is 1. The van der Waals surface area contributed by atoms with Gasteiger partial charge in [0, 0.05) is 6.54 Å². The van der Waals surface area contributed by atoms with Gasteiger partial charge in [-0.2, -0.15) is 0 Å². The van der Waals surface area contributed by atoms with Gasteiger partial charge < -0.3 is 15.7 Å². The topological polar surface area (TPSA) is 61.4 Å². The van der Waals surface area contributed by atoms with Gasteiger partial charge >= 0.3 is 0 Å². The Labute approximate surface area is 148 Å². The molecular formula is C21H24N2O2. The molecular weight excluding hydrogens is 312 g/mol. The van der Waals surface area contributed by atoms with Crippen LogP contribution >= 0.6 is 0 Å². The van der Waals surface area contributed by atoms with Crippen molar-refractivity contribution in [3.8, 4) is 0 Å². The minimum Gasteiger partial charge on any atom is -0.380 e. The van der Waals surface area contributed by atoms with Gasteiger partial charge in [0.05, 0.1) is 6.42 Å².